The molecule has 20 heavy (non-hydrogen) atoms. The Morgan fingerprint density at radius 3 is 2.65 bits per heavy atom. The van der Waals surface area contributed by atoms with Gasteiger partial charge in [0.2, 0.25) is 0 Å². The summed E-state index contributed by atoms with van der Waals surface area (Å²) in [6, 6.07) is 2.36. The van der Waals surface area contributed by atoms with E-state index in [0.717, 1.165) is 25.6 Å². The monoisotopic (exact) mass is 306 g/mol. The SMILES string of the molecule is CCOc1cc(F)c(F)cc1CN1CC[C@H](CN)C1.Cl. The molecule has 2 rings (SSSR count). The molecule has 0 bridgehead atoms. The minimum atomic E-state index is -0.867. The molecule has 0 saturated carbocycles. The third-order valence-corrected chi connectivity index (χ3v) is 3.50. The van der Waals surface area contributed by atoms with Crippen molar-refractivity contribution in [2.24, 2.45) is 11.7 Å². The molecular formula is C14H21ClF2N2O. The van der Waals surface area contributed by atoms with Gasteiger partial charge in [0.1, 0.15) is 5.75 Å². The van der Waals surface area contributed by atoms with Crippen LogP contribution in [0.15, 0.2) is 12.1 Å². The molecule has 6 heteroatoms. The third kappa shape index (κ3) is 4.04. The molecule has 1 atom stereocenters. The first kappa shape index (κ1) is 17.1. The zero-order valence-electron chi connectivity index (χ0n) is 11.6. The van der Waals surface area contributed by atoms with Crippen LogP contribution >= 0.6 is 12.4 Å². The quantitative estimate of drug-likeness (QED) is 0.908. The second-order valence-corrected chi connectivity index (χ2v) is 4.93. The van der Waals surface area contributed by atoms with Crippen LogP contribution < -0.4 is 10.5 Å². The average molecular weight is 307 g/mol. The topological polar surface area (TPSA) is 38.5 Å². The van der Waals surface area contributed by atoms with Crippen LogP contribution in [0.4, 0.5) is 8.78 Å². The molecule has 3 nitrogen and oxygen atoms in total. The van der Waals surface area contributed by atoms with E-state index in [9.17, 15) is 8.78 Å². The summed E-state index contributed by atoms with van der Waals surface area (Å²) in [7, 11) is 0. The van der Waals surface area contributed by atoms with Gasteiger partial charge in [0, 0.05) is 24.7 Å². The van der Waals surface area contributed by atoms with Crippen LogP contribution in [-0.4, -0.2) is 31.1 Å². The van der Waals surface area contributed by atoms with Crippen molar-refractivity contribution in [1.29, 1.82) is 0 Å². The third-order valence-electron chi connectivity index (χ3n) is 3.50. The van der Waals surface area contributed by atoms with E-state index in [-0.39, 0.29) is 12.4 Å². The van der Waals surface area contributed by atoms with Crippen molar-refractivity contribution >= 4 is 12.4 Å². The van der Waals surface area contributed by atoms with Crippen LogP contribution in [0, 0.1) is 17.6 Å². The fraction of sp³-hybridized carbons (Fsp3) is 0.571. The predicted molar refractivity (Wildman–Crippen MR) is 77.2 cm³/mol. The standard InChI is InChI=1S/C14H20F2N2O.ClH/c1-2-19-14-6-13(16)12(15)5-11(14)9-18-4-3-10(7-17)8-18;/h5-6,10H,2-4,7-9,17H2,1H3;1H/t10-;/m1./s1. The molecule has 2 N–H and O–H groups in total. The molecular weight excluding hydrogens is 286 g/mol. The Morgan fingerprint density at radius 2 is 2.05 bits per heavy atom. The Bertz CT molecular complexity index is 445. The molecule has 114 valence electrons. The second kappa shape index (κ2) is 7.76. The Balaban J connectivity index is 0.00000200. The zero-order chi connectivity index (χ0) is 13.8. The Labute approximate surface area is 124 Å². The van der Waals surface area contributed by atoms with Gasteiger partial charge in [-0.2, -0.15) is 0 Å². The lowest BCUT2D eigenvalue weighted by Crippen LogP contribution is -2.23. The van der Waals surface area contributed by atoms with Crippen molar-refractivity contribution in [2.45, 2.75) is 19.9 Å². The van der Waals surface area contributed by atoms with Crippen LogP contribution in [0.1, 0.15) is 18.9 Å². The first-order chi connectivity index (χ1) is 9.13. The molecule has 1 aromatic rings. The van der Waals surface area contributed by atoms with E-state index in [0.29, 0.717) is 36.9 Å². The number of rotatable bonds is 5. The van der Waals surface area contributed by atoms with E-state index in [2.05, 4.69) is 4.90 Å². The maximum absolute atomic E-state index is 13.3. The van der Waals surface area contributed by atoms with Crippen LogP contribution in [-0.2, 0) is 6.54 Å². The van der Waals surface area contributed by atoms with Crippen molar-refractivity contribution in [2.75, 3.05) is 26.2 Å². The summed E-state index contributed by atoms with van der Waals surface area (Å²) in [5.74, 6) is -0.764. The summed E-state index contributed by atoms with van der Waals surface area (Å²) >= 11 is 0. The van der Waals surface area contributed by atoms with Crippen LogP contribution in [0.2, 0.25) is 0 Å². The molecule has 1 fully saturated rings. The Morgan fingerprint density at radius 1 is 1.35 bits per heavy atom. The number of benzene rings is 1. The fourth-order valence-corrected chi connectivity index (χ4v) is 2.47. The van der Waals surface area contributed by atoms with Crippen LogP contribution in [0.5, 0.6) is 5.75 Å². The highest BCUT2D eigenvalue weighted by Gasteiger charge is 2.22. The molecule has 1 heterocycles. The molecule has 1 saturated heterocycles. The van der Waals surface area contributed by atoms with E-state index in [1.165, 1.54) is 6.07 Å². The first-order valence-corrected chi connectivity index (χ1v) is 6.67. The molecule has 1 aliphatic heterocycles. The van der Waals surface area contributed by atoms with Gasteiger partial charge in [-0.15, -0.1) is 12.4 Å². The van der Waals surface area contributed by atoms with Gasteiger partial charge in [-0.3, -0.25) is 4.90 Å². The van der Waals surface area contributed by atoms with Gasteiger partial charge >= 0.3 is 0 Å². The average Bonchev–Trinajstić information content (AvgIpc) is 2.83. The molecule has 0 unspecified atom stereocenters. The van der Waals surface area contributed by atoms with E-state index >= 15 is 0 Å². The Hall–Kier alpha value is -0.910. The summed E-state index contributed by atoms with van der Waals surface area (Å²) in [6.07, 6.45) is 1.06. The summed E-state index contributed by atoms with van der Waals surface area (Å²) in [5.41, 5.74) is 6.34. The van der Waals surface area contributed by atoms with E-state index < -0.39 is 11.6 Å². The Kier molecular flexibility index (Phi) is 6.65. The highest BCUT2D eigenvalue weighted by molar-refractivity contribution is 5.85. The van der Waals surface area contributed by atoms with Gasteiger partial charge in [-0.25, -0.2) is 8.78 Å². The number of hydrogen-bond acceptors (Lipinski definition) is 3. The van der Waals surface area contributed by atoms with Crippen molar-refractivity contribution in [3.8, 4) is 5.75 Å². The lowest BCUT2D eigenvalue weighted by Gasteiger charge is -2.18. The molecule has 1 aromatic carbocycles. The number of likely N-dealkylation sites (tertiary alicyclic amines) is 1. The second-order valence-electron chi connectivity index (χ2n) is 4.93. The smallest absolute Gasteiger partial charge is 0.162 e. The number of nitrogens with zero attached hydrogens (tertiary/aromatic N) is 1. The van der Waals surface area contributed by atoms with Crippen LogP contribution in [0.25, 0.3) is 0 Å². The number of halogens is 3. The van der Waals surface area contributed by atoms with E-state index in [4.69, 9.17) is 10.5 Å². The lowest BCUT2D eigenvalue weighted by molar-refractivity contribution is 0.295. The summed E-state index contributed by atoms with van der Waals surface area (Å²) < 4.78 is 32.0. The number of nitrogens with two attached hydrogens (primary N) is 1. The van der Waals surface area contributed by atoms with E-state index in [1.807, 2.05) is 6.92 Å². The normalized spacial score (nSPS) is 18.9. The van der Waals surface area contributed by atoms with Gasteiger partial charge in [0.15, 0.2) is 11.6 Å². The molecule has 1 aliphatic rings. The maximum atomic E-state index is 13.3. The highest BCUT2D eigenvalue weighted by atomic mass is 35.5. The van der Waals surface area contributed by atoms with Gasteiger partial charge in [-0.05, 0) is 38.4 Å². The molecule has 0 aliphatic carbocycles. The minimum Gasteiger partial charge on any atom is -0.493 e. The van der Waals surface area contributed by atoms with Gasteiger partial charge < -0.3 is 10.5 Å². The van der Waals surface area contributed by atoms with Crippen molar-refractivity contribution in [3.05, 3.63) is 29.3 Å². The number of ether oxygens (including phenoxy) is 1. The van der Waals surface area contributed by atoms with Gasteiger partial charge in [-0.1, -0.05) is 0 Å². The minimum absolute atomic E-state index is 0. The zero-order valence-corrected chi connectivity index (χ0v) is 12.4. The maximum Gasteiger partial charge on any atom is 0.162 e. The van der Waals surface area contributed by atoms with Crippen molar-refractivity contribution < 1.29 is 13.5 Å². The van der Waals surface area contributed by atoms with Gasteiger partial charge in [0.25, 0.3) is 0 Å². The fourth-order valence-electron chi connectivity index (χ4n) is 2.47. The molecule has 0 amide bonds. The summed E-state index contributed by atoms with van der Waals surface area (Å²) in [5, 5.41) is 0. The highest BCUT2D eigenvalue weighted by Crippen LogP contribution is 2.26. The first-order valence-electron chi connectivity index (χ1n) is 6.67. The van der Waals surface area contributed by atoms with Crippen molar-refractivity contribution in [3.63, 3.8) is 0 Å². The number of hydrogen-bond donors (Lipinski definition) is 1. The van der Waals surface area contributed by atoms with Crippen molar-refractivity contribution in [1.82, 2.24) is 4.90 Å². The molecule has 0 spiro atoms. The molecule has 0 radical (unpaired) electrons. The predicted octanol–water partition coefficient (Wildman–Crippen LogP) is 2.57. The van der Waals surface area contributed by atoms with E-state index in [1.54, 1.807) is 0 Å². The largest absolute Gasteiger partial charge is 0.493 e. The summed E-state index contributed by atoms with van der Waals surface area (Å²) in [6.45, 7) is 5.35. The van der Waals surface area contributed by atoms with Gasteiger partial charge in [0.05, 0.1) is 6.61 Å². The lowest BCUT2D eigenvalue weighted by atomic mass is 10.1. The van der Waals surface area contributed by atoms with Crippen LogP contribution in [0.3, 0.4) is 0 Å². The molecule has 0 aromatic heterocycles. The summed E-state index contributed by atoms with van der Waals surface area (Å²) in [4.78, 5) is 2.20.